The van der Waals surface area contributed by atoms with Gasteiger partial charge in [0, 0.05) is 4.90 Å². The monoisotopic (exact) mass is 241 g/mol. The summed E-state index contributed by atoms with van der Waals surface area (Å²) in [7, 11) is 0. The summed E-state index contributed by atoms with van der Waals surface area (Å²) in [4.78, 5) is 11.8. The van der Waals surface area contributed by atoms with E-state index in [1.807, 2.05) is 6.07 Å². The zero-order valence-electron chi connectivity index (χ0n) is 7.95. The molecule has 0 aromatic heterocycles. The summed E-state index contributed by atoms with van der Waals surface area (Å²) >= 11 is 9.93. The second-order valence-corrected chi connectivity index (χ2v) is 3.51. The standard InChI is InChI=1S/C10H8ClNO2S/c1-2-14-10(13)6-3-4-8(15)7(5-12)9(6)11/h3-4,15H,2H2,1H3. The van der Waals surface area contributed by atoms with Gasteiger partial charge in [0.15, 0.2) is 0 Å². The molecule has 1 aromatic rings. The van der Waals surface area contributed by atoms with Crippen molar-refractivity contribution in [2.24, 2.45) is 0 Å². The van der Waals surface area contributed by atoms with Crippen molar-refractivity contribution in [1.29, 1.82) is 5.26 Å². The van der Waals surface area contributed by atoms with Crippen LogP contribution in [0.25, 0.3) is 0 Å². The largest absolute Gasteiger partial charge is 0.462 e. The third kappa shape index (κ3) is 2.44. The summed E-state index contributed by atoms with van der Waals surface area (Å²) in [5, 5.41) is 8.89. The van der Waals surface area contributed by atoms with Crippen LogP contribution in [0, 0.1) is 11.3 Å². The molecule has 1 rings (SSSR count). The number of esters is 1. The fraction of sp³-hybridized carbons (Fsp3) is 0.200. The summed E-state index contributed by atoms with van der Waals surface area (Å²) in [6.07, 6.45) is 0. The third-order valence-corrected chi connectivity index (χ3v) is 2.49. The lowest BCUT2D eigenvalue weighted by Crippen LogP contribution is -2.06. The summed E-state index contributed by atoms with van der Waals surface area (Å²) in [6.45, 7) is 1.96. The number of rotatable bonds is 2. The molecule has 0 amide bonds. The lowest BCUT2D eigenvalue weighted by molar-refractivity contribution is 0.0526. The van der Waals surface area contributed by atoms with Gasteiger partial charge in [-0.2, -0.15) is 5.26 Å². The van der Waals surface area contributed by atoms with Crippen molar-refractivity contribution in [3.63, 3.8) is 0 Å². The summed E-state index contributed by atoms with van der Waals surface area (Å²) < 4.78 is 4.79. The van der Waals surface area contributed by atoms with Gasteiger partial charge in [-0.05, 0) is 19.1 Å². The first-order chi connectivity index (χ1) is 7.11. The van der Waals surface area contributed by atoms with Gasteiger partial charge < -0.3 is 4.74 Å². The second-order valence-electron chi connectivity index (χ2n) is 2.65. The van der Waals surface area contributed by atoms with Crippen molar-refractivity contribution < 1.29 is 9.53 Å². The molecular formula is C10H8ClNO2S. The number of benzene rings is 1. The molecule has 0 aliphatic rings. The molecule has 0 bridgehead atoms. The highest BCUT2D eigenvalue weighted by Crippen LogP contribution is 2.26. The molecule has 0 aliphatic carbocycles. The van der Waals surface area contributed by atoms with Gasteiger partial charge in [-0.25, -0.2) is 4.79 Å². The van der Waals surface area contributed by atoms with Crippen LogP contribution in [0.1, 0.15) is 22.8 Å². The number of nitriles is 1. The molecule has 1 aromatic carbocycles. The van der Waals surface area contributed by atoms with Crippen molar-refractivity contribution in [1.82, 2.24) is 0 Å². The highest BCUT2D eigenvalue weighted by atomic mass is 35.5. The van der Waals surface area contributed by atoms with E-state index >= 15 is 0 Å². The summed E-state index contributed by atoms with van der Waals surface area (Å²) in [5.74, 6) is -0.535. The third-order valence-electron chi connectivity index (χ3n) is 1.73. The molecule has 0 fully saturated rings. The number of halogens is 1. The normalized spacial score (nSPS) is 9.47. The van der Waals surface area contributed by atoms with Gasteiger partial charge in [0.05, 0.1) is 22.8 Å². The molecule has 0 heterocycles. The molecule has 15 heavy (non-hydrogen) atoms. The van der Waals surface area contributed by atoms with Gasteiger partial charge in [-0.3, -0.25) is 0 Å². The molecule has 3 nitrogen and oxygen atoms in total. The van der Waals surface area contributed by atoms with Crippen molar-refractivity contribution in [2.75, 3.05) is 6.61 Å². The maximum Gasteiger partial charge on any atom is 0.339 e. The van der Waals surface area contributed by atoms with Crippen LogP contribution in [0.15, 0.2) is 17.0 Å². The Labute approximate surface area is 98.0 Å². The van der Waals surface area contributed by atoms with E-state index < -0.39 is 5.97 Å². The Morgan fingerprint density at radius 1 is 1.67 bits per heavy atom. The zero-order valence-corrected chi connectivity index (χ0v) is 9.60. The van der Waals surface area contributed by atoms with Crippen molar-refractivity contribution in [3.05, 3.63) is 28.3 Å². The molecule has 0 spiro atoms. The van der Waals surface area contributed by atoms with Gasteiger partial charge in [-0.15, -0.1) is 12.6 Å². The SMILES string of the molecule is CCOC(=O)c1ccc(S)c(C#N)c1Cl. The van der Waals surface area contributed by atoms with Gasteiger partial charge >= 0.3 is 5.97 Å². The zero-order chi connectivity index (χ0) is 11.4. The van der Waals surface area contributed by atoms with Crippen LogP contribution in [-0.2, 0) is 4.74 Å². The Morgan fingerprint density at radius 2 is 2.33 bits per heavy atom. The van der Waals surface area contributed by atoms with Crippen molar-refractivity contribution in [3.8, 4) is 6.07 Å². The molecule has 0 saturated heterocycles. The van der Waals surface area contributed by atoms with Gasteiger partial charge in [0.25, 0.3) is 0 Å². The average molecular weight is 242 g/mol. The van der Waals surface area contributed by atoms with Gasteiger partial charge in [0.1, 0.15) is 6.07 Å². The lowest BCUT2D eigenvalue weighted by Gasteiger charge is -2.06. The van der Waals surface area contributed by atoms with Gasteiger partial charge in [-0.1, -0.05) is 11.6 Å². The number of carbonyl (C=O) groups is 1. The van der Waals surface area contributed by atoms with Crippen molar-refractivity contribution >= 4 is 30.2 Å². The first-order valence-corrected chi connectivity index (χ1v) is 5.03. The van der Waals surface area contributed by atoms with E-state index in [1.54, 1.807) is 13.0 Å². The minimum absolute atomic E-state index is 0.0865. The first kappa shape index (κ1) is 11.9. The minimum atomic E-state index is -0.535. The summed E-state index contributed by atoms with van der Waals surface area (Å²) in [5.41, 5.74) is 0.374. The molecule has 0 N–H and O–H groups in total. The Hall–Kier alpha value is -1.18. The first-order valence-electron chi connectivity index (χ1n) is 4.20. The molecule has 0 atom stereocenters. The van der Waals surface area contributed by atoms with E-state index in [0.29, 0.717) is 4.90 Å². The van der Waals surface area contributed by atoms with E-state index in [4.69, 9.17) is 21.6 Å². The number of hydrogen-bond acceptors (Lipinski definition) is 4. The number of carbonyl (C=O) groups excluding carboxylic acids is 1. The minimum Gasteiger partial charge on any atom is -0.462 e. The molecule has 5 heteroatoms. The Bertz CT molecular complexity index is 440. The predicted octanol–water partition coefficient (Wildman–Crippen LogP) is 2.68. The Morgan fingerprint density at radius 3 is 2.87 bits per heavy atom. The number of ether oxygens (including phenoxy) is 1. The predicted molar refractivity (Wildman–Crippen MR) is 59.4 cm³/mol. The van der Waals surface area contributed by atoms with Crippen LogP contribution in [0.3, 0.4) is 0 Å². The number of thiol groups is 1. The second kappa shape index (κ2) is 5.06. The van der Waals surface area contributed by atoms with E-state index in [0.717, 1.165) is 0 Å². The van der Waals surface area contributed by atoms with Crippen LogP contribution in [0.4, 0.5) is 0 Å². The topological polar surface area (TPSA) is 50.1 Å². The van der Waals surface area contributed by atoms with E-state index in [9.17, 15) is 4.79 Å². The van der Waals surface area contributed by atoms with Crippen LogP contribution >= 0.6 is 24.2 Å². The van der Waals surface area contributed by atoms with Crippen LogP contribution in [0.2, 0.25) is 5.02 Å². The number of nitrogens with zero attached hydrogens (tertiary/aromatic N) is 1. The molecule has 0 unspecified atom stereocenters. The molecular weight excluding hydrogens is 234 g/mol. The highest BCUT2D eigenvalue weighted by molar-refractivity contribution is 7.80. The van der Waals surface area contributed by atoms with Crippen LogP contribution < -0.4 is 0 Å². The quantitative estimate of drug-likeness (QED) is 0.640. The maximum absolute atomic E-state index is 11.4. The molecule has 0 aliphatic heterocycles. The van der Waals surface area contributed by atoms with Crippen LogP contribution in [-0.4, -0.2) is 12.6 Å². The van der Waals surface area contributed by atoms with E-state index in [2.05, 4.69) is 12.6 Å². The summed E-state index contributed by atoms with van der Waals surface area (Å²) in [6, 6.07) is 4.92. The molecule has 78 valence electrons. The molecule has 0 radical (unpaired) electrons. The molecule has 0 saturated carbocycles. The Kier molecular flexibility index (Phi) is 4.01. The van der Waals surface area contributed by atoms with Gasteiger partial charge in [0.2, 0.25) is 0 Å². The highest BCUT2D eigenvalue weighted by Gasteiger charge is 2.16. The van der Waals surface area contributed by atoms with E-state index in [-0.39, 0.29) is 22.8 Å². The fourth-order valence-electron chi connectivity index (χ4n) is 1.04. The Balaban J connectivity index is 3.23. The smallest absolute Gasteiger partial charge is 0.339 e. The van der Waals surface area contributed by atoms with Crippen molar-refractivity contribution in [2.45, 2.75) is 11.8 Å². The maximum atomic E-state index is 11.4. The lowest BCUT2D eigenvalue weighted by atomic mass is 10.1. The average Bonchev–Trinajstić information content (AvgIpc) is 2.18. The van der Waals surface area contributed by atoms with E-state index in [1.165, 1.54) is 6.07 Å². The fourth-order valence-corrected chi connectivity index (χ4v) is 1.63. The van der Waals surface area contributed by atoms with Crippen LogP contribution in [0.5, 0.6) is 0 Å². The number of hydrogen-bond donors (Lipinski definition) is 1.